The maximum atomic E-state index is 9.21. The van der Waals surface area contributed by atoms with Crippen LogP contribution in [0.15, 0.2) is 36.5 Å². The monoisotopic (exact) mass is 269 g/mol. The van der Waals surface area contributed by atoms with E-state index in [1.165, 1.54) is 0 Å². The van der Waals surface area contributed by atoms with E-state index in [0.29, 0.717) is 13.0 Å². The number of ether oxygens (including phenoxy) is 1. The predicted octanol–water partition coefficient (Wildman–Crippen LogP) is 2.90. The molecule has 2 aromatic rings. The van der Waals surface area contributed by atoms with Gasteiger partial charge in [0.2, 0.25) is 0 Å². The van der Waals surface area contributed by atoms with Crippen LogP contribution in [-0.4, -0.2) is 23.7 Å². The van der Waals surface area contributed by atoms with Crippen molar-refractivity contribution in [2.45, 2.75) is 25.8 Å². The molecule has 1 unspecified atom stereocenters. The molecule has 1 atom stereocenters. The Hall–Kier alpha value is -2.12. The molecule has 4 nitrogen and oxygen atoms in total. The fourth-order valence-corrected chi connectivity index (χ4v) is 2.14. The zero-order valence-electron chi connectivity index (χ0n) is 11.9. The summed E-state index contributed by atoms with van der Waals surface area (Å²) >= 11 is 0. The van der Waals surface area contributed by atoms with Gasteiger partial charge in [-0.2, -0.15) is 5.26 Å². The normalized spacial score (nSPS) is 13.7. The number of nitrogens with zero attached hydrogens (tertiary/aromatic N) is 2. The van der Waals surface area contributed by atoms with E-state index in [9.17, 15) is 5.26 Å². The summed E-state index contributed by atoms with van der Waals surface area (Å²) in [5.41, 5.74) is 0.372. The molecule has 104 valence electrons. The minimum atomic E-state index is -0.544. The topological polar surface area (TPSA) is 57.9 Å². The molecule has 0 saturated carbocycles. The molecule has 0 aliphatic carbocycles. The fourth-order valence-electron chi connectivity index (χ4n) is 2.14. The summed E-state index contributed by atoms with van der Waals surface area (Å²) in [4.78, 5) is 4.30. The summed E-state index contributed by atoms with van der Waals surface area (Å²) in [6, 6.07) is 12.0. The van der Waals surface area contributed by atoms with Crippen LogP contribution in [0.3, 0.4) is 0 Å². The largest absolute Gasteiger partial charge is 0.493 e. The minimum Gasteiger partial charge on any atom is -0.493 e. The number of aromatic nitrogens is 1. The molecule has 1 aromatic heterocycles. The summed E-state index contributed by atoms with van der Waals surface area (Å²) < 4.78 is 5.83. The minimum absolute atomic E-state index is 0.491. The van der Waals surface area contributed by atoms with Gasteiger partial charge in [-0.25, -0.2) is 0 Å². The summed E-state index contributed by atoms with van der Waals surface area (Å²) in [5.74, 6) is 0.812. The van der Waals surface area contributed by atoms with E-state index in [-0.39, 0.29) is 0 Å². The van der Waals surface area contributed by atoms with Gasteiger partial charge in [-0.1, -0.05) is 13.0 Å². The number of nitriles is 1. The molecule has 2 rings (SSSR count). The van der Waals surface area contributed by atoms with Crippen LogP contribution < -0.4 is 10.1 Å². The van der Waals surface area contributed by atoms with E-state index in [1.807, 2.05) is 44.2 Å². The fraction of sp³-hybridized carbons (Fsp3) is 0.375. The van der Waals surface area contributed by atoms with Gasteiger partial charge in [0.25, 0.3) is 0 Å². The van der Waals surface area contributed by atoms with Crippen molar-refractivity contribution < 1.29 is 4.74 Å². The van der Waals surface area contributed by atoms with Crippen LogP contribution in [0.25, 0.3) is 10.9 Å². The molecule has 0 bridgehead atoms. The number of rotatable bonds is 6. The zero-order chi connectivity index (χ0) is 14.4. The van der Waals surface area contributed by atoms with Crippen LogP contribution in [0.1, 0.15) is 20.3 Å². The van der Waals surface area contributed by atoms with Gasteiger partial charge in [-0.15, -0.1) is 0 Å². The Labute approximate surface area is 119 Å². The van der Waals surface area contributed by atoms with E-state index in [2.05, 4.69) is 16.4 Å². The zero-order valence-corrected chi connectivity index (χ0v) is 11.9. The number of hydrogen-bond acceptors (Lipinski definition) is 4. The lowest BCUT2D eigenvalue weighted by Gasteiger charge is -2.22. The van der Waals surface area contributed by atoms with Crippen LogP contribution in [0.5, 0.6) is 5.75 Å². The lowest BCUT2D eigenvalue weighted by Crippen LogP contribution is -2.42. The standard InChI is InChI=1S/C16H19N3O/c1-3-19-16(2,12-17)9-11-20-15-8-4-7-14-13(15)6-5-10-18-14/h4-8,10,19H,3,9,11H2,1-2H3. The van der Waals surface area contributed by atoms with Gasteiger partial charge in [-0.05, 0) is 37.7 Å². The van der Waals surface area contributed by atoms with Crippen molar-refractivity contribution in [1.29, 1.82) is 5.26 Å². The summed E-state index contributed by atoms with van der Waals surface area (Å²) in [7, 11) is 0. The van der Waals surface area contributed by atoms with Crippen molar-refractivity contribution in [3.8, 4) is 11.8 Å². The molecule has 0 fully saturated rings. The Morgan fingerprint density at radius 3 is 2.95 bits per heavy atom. The number of nitrogens with one attached hydrogen (secondary N) is 1. The van der Waals surface area contributed by atoms with E-state index < -0.39 is 5.54 Å². The Balaban J connectivity index is 2.05. The average molecular weight is 269 g/mol. The average Bonchev–Trinajstić information content (AvgIpc) is 2.48. The van der Waals surface area contributed by atoms with Crippen LogP contribution in [0.2, 0.25) is 0 Å². The van der Waals surface area contributed by atoms with Gasteiger partial charge in [-0.3, -0.25) is 10.3 Å². The molecule has 0 aliphatic rings. The lowest BCUT2D eigenvalue weighted by molar-refractivity contribution is 0.271. The second-order valence-electron chi connectivity index (χ2n) is 4.90. The van der Waals surface area contributed by atoms with Crippen molar-refractivity contribution in [1.82, 2.24) is 10.3 Å². The summed E-state index contributed by atoms with van der Waals surface area (Å²) in [5, 5.41) is 13.4. The summed E-state index contributed by atoms with van der Waals surface area (Å²) in [6.45, 7) is 5.14. The van der Waals surface area contributed by atoms with Crippen molar-refractivity contribution in [3.05, 3.63) is 36.5 Å². The molecule has 0 radical (unpaired) electrons. The van der Waals surface area contributed by atoms with Crippen LogP contribution in [0, 0.1) is 11.3 Å². The molecule has 1 N–H and O–H groups in total. The van der Waals surface area contributed by atoms with E-state index in [0.717, 1.165) is 23.2 Å². The highest BCUT2D eigenvalue weighted by Gasteiger charge is 2.22. The molecule has 0 spiro atoms. The SMILES string of the molecule is CCNC(C)(C#N)CCOc1cccc2ncccc12. The van der Waals surface area contributed by atoms with Gasteiger partial charge in [0.15, 0.2) is 0 Å². The lowest BCUT2D eigenvalue weighted by atomic mass is 10.0. The predicted molar refractivity (Wildman–Crippen MR) is 79.5 cm³/mol. The molecule has 0 aliphatic heterocycles. The molecule has 1 aromatic carbocycles. The molecule has 20 heavy (non-hydrogen) atoms. The van der Waals surface area contributed by atoms with E-state index in [1.54, 1.807) is 6.20 Å². The molecular weight excluding hydrogens is 250 g/mol. The highest BCUT2D eigenvalue weighted by atomic mass is 16.5. The molecule has 0 saturated heterocycles. The molecule has 4 heteroatoms. The van der Waals surface area contributed by atoms with Crippen LogP contribution in [-0.2, 0) is 0 Å². The summed E-state index contributed by atoms with van der Waals surface area (Å²) in [6.07, 6.45) is 2.40. The molecular formula is C16H19N3O. The van der Waals surface area contributed by atoms with Gasteiger partial charge in [0, 0.05) is 18.0 Å². The maximum absolute atomic E-state index is 9.21. The van der Waals surface area contributed by atoms with Crippen LogP contribution >= 0.6 is 0 Å². The highest BCUT2D eigenvalue weighted by Crippen LogP contribution is 2.24. The van der Waals surface area contributed by atoms with E-state index in [4.69, 9.17) is 4.74 Å². The Kier molecular flexibility index (Phi) is 4.54. The Morgan fingerprint density at radius 2 is 2.20 bits per heavy atom. The van der Waals surface area contributed by atoms with Crippen molar-refractivity contribution in [2.75, 3.05) is 13.2 Å². The Bertz CT molecular complexity index is 615. The first-order valence-corrected chi connectivity index (χ1v) is 6.81. The first kappa shape index (κ1) is 14.3. The third kappa shape index (κ3) is 3.25. The quantitative estimate of drug-likeness (QED) is 0.876. The number of fused-ring (bicyclic) bond motifs is 1. The first-order valence-electron chi connectivity index (χ1n) is 6.81. The second kappa shape index (κ2) is 6.36. The Morgan fingerprint density at radius 1 is 1.35 bits per heavy atom. The molecule has 1 heterocycles. The highest BCUT2D eigenvalue weighted by molar-refractivity contribution is 5.84. The van der Waals surface area contributed by atoms with Gasteiger partial charge < -0.3 is 4.74 Å². The van der Waals surface area contributed by atoms with Crippen LogP contribution in [0.4, 0.5) is 0 Å². The van der Waals surface area contributed by atoms with Crippen molar-refractivity contribution >= 4 is 10.9 Å². The van der Waals surface area contributed by atoms with Gasteiger partial charge in [0.1, 0.15) is 11.3 Å². The third-order valence-electron chi connectivity index (χ3n) is 3.28. The van der Waals surface area contributed by atoms with Gasteiger partial charge in [0.05, 0.1) is 18.2 Å². The first-order chi connectivity index (χ1) is 9.68. The smallest absolute Gasteiger partial charge is 0.128 e. The second-order valence-corrected chi connectivity index (χ2v) is 4.90. The van der Waals surface area contributed by atoms with E-state index >= 15 is 0 Å². The van der Waals surface area contributed by atoms with Gasteiger partial charge >= 0.3 is 0 Å². The van der Waals surface area contributed by atoms with Crippen molar-refractivity contribution in [2.24, 2.45) is 0 Å². The molecule has 0 amide bonds. The maximum Gasteiger partial charge on any atom is 0.128 e. The third-order valence-corrected chi connectivity index (χ3v) is 3.28. The number of benzene rings is 1. The number of hydrogen-bond donors (Lipinski definition) is 1. The number of pyridine rings is 1. The van der Waals surface area contributed by atoms with Crippen molar-refractivity contribution in [3.63, 3.8) is 0 Å².